The number of rotatable bonds is 3. The van der Waals surface area contributed by atoms with Crippen LogP contribution < -0.4 is 5.32 Å². The van der Waals surface area contributed by atoms with Gasteiger partial charge in [-0.3, -0.25) is 10.1 Å². The number of hydrogen-bond acceptors (Lipinski definition) is 4. The summed E-state index contributed by atoms with van der Waals surface area (Å²) in [7, 11) is 0. The van der Waals surface area contributed by atoms with Gasteiger partial charge in [0.2, 0.25) is 0 Å². The highest BCUT2D eigenvalue weighted by Gasteiger charge is 2.17. The Balaban J connectivity index is 1.80. The number of carbonyl (C=O) groups is 1. The molecule has 6 heteroatoms. The van der Waals surface area contributed by atoms with Crippen molar-refractivity contribution in [3.8, 4) is 0 Å². The molecule has 1 aliphatic rings. The lowest BCUT2D eigenvalue weighted by molar-refractivity contribution is 0.102. The first-order chi connectivity index (χ1) is 10.7. The number of aryl methyl sites for hydroxylation is 2. The zero-order valence-electron chi connectivity index (χ0n) is 12.3. The predicted molar refractivity (Wildman–Crippen MR) is 94.6 cm³/mol. The molecular formula is C16H17ClN2OS2. The molecule has 22 heavy (non-hydrogen) atoms. The Morgan fingerprint density at radius 3 is 2.95 bits per heavy atom. The molecule has 1 aromatic carbocycles. The molecular weight excluding hydrogens is 336 g/mol. The van der Waals surface area contributed by atoms with Crippen LogP contribution in [0.2, 0.25) is 5.02 Å². The van der Waals surface area contributed by atoms with Crippen molar-refractivity contribution in [3.05, 3.63) is 39.4 Å². The number of nitrogens with one attached hydrogen (secondary N) is 1. The minimum Gasteiger partial charge on any atom is -0.298 e. The van der Waals surface area contributed by atoms with E-state index in [4.69, 9.17) is 11.6 Å². The number of hydrogen-bond donors (Lipinski definition) is 1. The van der Waals surface area contributed by atoms with Gasteiger partial charge in [0, 0.05) is 9.77 Å². The third-order valence-corrected chi connectivity index (χ3v) is 5.86. The topological polar surface area (TPSA) is 42.0 Å². The molecule has 0 unspecified atom stereocenters. The van der Waals surface area contributed by atoms with E-state index in [1.165, 1.54) is 24.1 Å². The lowest BCUT2D eigenvalue weighted by Crippen LogP contribution is -2.12. The van der Waals surface area contributed by atoms with Crippen LogP contribution in [0.1, 0.15) is 40.2 Å². The van der Waals surface area contributed by atoms with Crippen molar-refractivity contribution in [2.45, 2.75) is 37.0 Å². The molecule has 0 spiro atoms. The van der Waals surface area contributed by atoms with Crippen LogP contribution >= 0.6 is 34.7 Å². The van der Waals surface area contributed by atoms with Crippen LogP contribution in [-0.2, 0) is 12.8 Å². The number of amides is 1. The van der Waals surface area contributed by atoms with Gasteiger partial charge in [0.25, 0.3) is 5.91 Å². The molecule has 3 rings (SSSR count). The number of halogens is 1. The third-order valence-electron chi connectivity index (χ3n) is 3.73. The Morgan fingerprint density at radius 1 is 1.32 bits per heavy atom. The van der Waals surface area contributed by atoms with Crippen LogP contribution in [-0.4, -0.2) is 17.1 Å². The molecule has 1 heterocycles. The van der Waals surface area contributed by atoms with E-state index < -0.39 is 0 Å². The van der Waals surface area contributed by atoms with E-state index in [1.54, 1.807) is 29.2 Å². The summed E-state index contributed by atoms with van der Waals surface area (Å²) < 4.78 is 0. The van der Waals surface area contributed by atoms with Gasteiger partial charge in [-0.05, 0) is 50.1 Å². The summed E-state index contributed by atoms with van der Waals surface area (Å²) in [5, 5.41) is 4.05. The fraction of sp³-hybridized carbons (Fsp3) is 0.375. The number of anilines is 1. The van der Waals surface area contributed by atoms with Crippen molar-refractivity contribution >= 4 is 45.7 Å². The Hall–Kier alpha value is -1.04. The summed E-state index contributed by atoms with van der Waals surface area (Å²) in [6.45, 7) is 0. The lowest BCUT2D eigenvalue weighted by atomic mass is 10.2. The minimum atomic E-state index is -0.190. The molecule has 0 aliphatic heterocycles. The molecule has 3 nitrogen and oxygen atoms in total. The maximum atomic E-state index is 12.4. The van der Waals surface area contributed by atoms with E-state index in [0.717, 1.165) is 23.4 Å². The summed E-state index contributed by atoms with van der Waals surface area (Å²) in [6.07, 6.45) is 7.73. The molecule has 0 saturated heterocycles. The molecule has 1 aromatic heterocycles. The zero-order chi connectivity index (χ0) is 15.5. The average Bonchev–Trinajstić information content (AvgIpc) is 2.76. The van der Waals surface area contributed by atoms with Crippen LogP contribution in [0, 0.1) is 0 Å². The highest BCUT2D eigenvalue weighted by molar-refractivity contribution is 7.98. The molecule has 1 aliphatic carbocycles. The molecule has 1 N–H and O–H groups in total. The van der Waals surface area contributed by atoms with E-state index in [-0.39, 0.29) is 5.91 Å². The summed E-state index contributed by atoms with van der Waals surface area (Å²) in [5.74, 6) is -0.190. The van der Waals surface area contributed by atoms with Gasteiger partial charge in [0.05, 0.1) is 16.3 Å². The fourth-order valence-electron chi connectivity index (χ4n) is 2.55. The molecule has 0 saturated carbocycles. The quantitative estimate of drug-likeness (QED) is 0.621. The Bertz CT molecular complexity index is 676. The van der Waals surface area contributed by atoms with Crippen LogP contribution in [0.25, 0.3) is 0 Å². The maximum absolute atomic E-state index is 12.4. The van der Waals surface area contributed by atoms with Gasteiger partial charge in [-0.15, -0.1) is 23.1 Å². The fourth-order valence-corrected chi connectivity index (χ4v) is 4.24. The number of thioether (sulfide) groups is 1. The van der Waals surface area contributed by atoms with Gasteiger partial charge < -0.3 is 0 Å². The van der Waals surface area contributed by atoms with Crippen LogP contribution in [0.5, 0.6) is 0 Å². The van der Waals surface area contributed by atoms with Crippen LogP contribution in [0.4, 0.5) is 5.13 Å². The van der Waals surface area contributed by atoms with Crippen molar-refractivity contribution in [2.75, 3.05) is 11.6 Å². The van der Waals surface area contributed by atoms with Gasteiger partial charge in [0.15, 0.2) is 5.13 Å². The highest BCUT2D eigenvalue weighted by Crippen LogP contribution is 2.30. The predicted octanol–water partition coefficient (Wildman–Crippen LogP) is 5.04. The first kappa shape index (κ1) is 15.8. The van der Waals surface area contributed by atoms with Crippen molar-refractivity contribution in [1.82, 2.24) is 4.98 Å². The number of carbonyl (C=O) groups excluding carboxylic acids is 1. The second-order valence-corrected chi connectivity index (χ2v) is 7.62. The van der Waals surface area contributed by atoms with E-state index in [0.29, 0.717) is 15.7 Å². The molecule has 0 bridgehead atoms. The number of thiazole rings is 1. The van der Waals surface area contributed by atoms with Crippen LogP contribution in [0.3, 0.4) is 0 Å². The summed E-state index contributed by atoms with van der Waals surface area (Å²) in [6, 6.07) is 5.50. The summed E-state index contributed by atoms with van der Waals surface area (Å²) in [4.78, 5) is 19.4. The largest absolute Gasteiger partial charge is 0.298 e. The average molecular weight is 353 g/mol. The Labute approximate surface area is 143 Å². The first-order valence-electron chi connectivity index (χ1n) is 7.31. The van der Waals surface area contributed by atoms with E-state index >= 15 is 0 Å². The van der Waals surface area contributed by atoms with E-state index in [1.807, 2.05) is 18.4 Å². The number of aromatic nitrogens is 1. The molecule has 0 atom stereocenters. The minimum absolute atomic E-state index is 0.190. The number of fused-ring (bicyclic) bond motifs is 1. The molecule has 2 aromatic rings. The van der Waals surface area contributed by atoms with Crippen molar-refractivity contribution < 1.29 is 4.79 Å². The zero-order valence-corrected chi connectivity index (χ0v) is 14.7. The normalized spacial score (nSPS) is 14.3. The molecule has 116 valence electrons. The lowest BCUT2D eigenvalue weighted by Gasteiger charge is -2.06. The smallest absolute Gasteiger partial charge is 0.258 e. The van der Waals surface area contributed by atoms with Gasteiger partial charge in [-0.1, -0.05) is 18.0 Å². The molecule has 1 amide bonds. The molecule has 0 radical (unpaired) electrons. The maximum Gasteiger partial charge on any atom is 0.258 e. The number of nitrogens with zero attached hydrogens (tertiary/aromatic N) is 1. The van der Waals surface area contributed by atoms with Crippen molar-refractivity contribution in [2.24, 2.45) is 0 Å². The van der Waals surface area contributed by atoms with Gasteiger partial charge in [-0.2, -0.15) is 0 Å². The second-order valence-electron chi connectivity index (χ2n) is 5.25. The van der Waals surface area contributed by atoms with E-state index in [2.05, 4.69) is 10.3 Å². The van der Waals surface area contributed by atoms with Gasteiger partial charge in [-0.25, -0.2) is 4.98 Å². The molecule has 0 fully saturated rings. The standard InChI is InChI=1S/C16H17ClN2OS2/c1-21-10-7-8-12(17)11(9-10)15(20)19-16-18-13-5-3-2-4-6-14(13)22-16/h7-9H,2-6H2,1H3,(H,18,19,20). The Morgan fingerprint density at radius 2 is 2.14 bits per heavy atom. The van der Waals surface area contributed by atoms with Crippen molar-refractivity contribution in [1.29, 1.82) is 0 Å². The van der Waals surface area contributed by atoms with Crippen LogP contribution in [0.15, 0.2) is 23.1 Å². The Kier molecular flexibility index (Phi) is 5.06. The van der Waals surface area contributed by atoms with Gasteiger partial charge in [0.1, 0.15) is 0 Å². The SMILES string of the molecule is CSc1ccc(Cl)c(C(=O)Nc2nc3c(s2)CCCCC3)c1. The summed E-state index contributed by atoms with van der Waals surface area (Å²) in [5.41, 5.74) is 1.65. The van der Waals surface area contributed by atoms with Crippen molar-refractivity contribution in [3.63, 3.8) is 0 Å². The monoisotopic (exact) mass is 352 g/mol. The number of benzene rings is 1. The second kappa shape index (κ2) is 7.02. The van der Waals surface area contributed by atoms with Gasteiger partial charge >= 0.3 is 0 Å². The highest BCUT2D eigenvalue weighted by atomic mass is 35.5. The van der Waals surface area contributed by atoms with E-state index in [9.17, 15) is 4.79 Å². The first-order valence-corrected chi connectivity index (χ1v) is 9.73. The summed E-state index contributed by atoms with van der Waals surface area (Å²) >= 11 is 9.33. The third kappa shape index (κ3) is 3.47.